The second kappa shape index (κ2) is 5.75. The molecule has 124 valence electrons. The summed E-state index contributed by atoms with van der Waals surface area (Å²) in [5.41, 5.74) is 0.836. The van der Waals surface area contributed by atoms with Crippen LogP contribution in [0.15, 0.2) is 57.4 Å². The molecular formula is C17H13N5O3. The Kier molecular flexibility index (Phi) is 3.42. The van der Waals surface area contributed by atoms with E-state index in [1.807, 2.05) is 0 Å². The molecule has 0 saturated heterocycles. The Morgan fingerprint density at radius 2 is 2.04 bits per heavy atom. The van der Waals surface area contributed by atoms with E-state index >= 15 is 0 Å². The average molecular weight is 335 g/mol. The van der Waals surface area contributed by atoms with Crippen molar-refractivity contribution in [1.29, 1.82) is 0 Å². The minimum absolute atomic E-state index is 0.252. The maximum Gasteiger partial charge on any atom is 0.350 e. The highest BCUT2D eigenvalue weighted by atomic mass is 16.5. The minimum Gasteiger partial charge on any atom is -0.496 e. The van der Waals surface area contributed by atoms with Crippen molar-refractivity contribution in [3.8, 4) is 5.75 Å². The SMILES string of the molecule is COc1cccc2[nH]c3c(=O)n(N=Cc4cccnc4)c(=O)[nH]c3c12. The van der Waals surface area contributed by atoms with Crippen molar-refractivity contribution in [3.63, 3.8) is 0 Å². The van der Waals surface area contributed by atoms with Crippen molar-refractivity contribution in [2.75, 3.05) is 7.11 Å². The molecule has 3 heterocycles. The van der Waals surface area contributed by atoms with E-state index in [-0.39, 0.29) is 5.52 Å². The molecule has 0 aliphatic carbocycles. The average Bonchev–Trinajstić information content (AvgIpc) is 3.01. The van der Waals surface area contributed by atoms with Crippen molar-refractivity contribution in [2.24, 2.45) is 5.10 Å². The van der Waals surface area contributed by atoms with Gasteiger partial charge in [-0.2, -0.15) is 5.10 Å². The highest BCUT2D eigenvalue weighted by Crippen LogP contribution is 2.29. The van der Waals surface area contributed by atoms with Crippen LogP contribution in [0.1, 0.15) is 5.56 Å². The molecule has 0 radical (unpaired) electrons. The van der Waals surface area contributed by atoms with Crippen LogP contribution in [0, 0.1) is 0 Å². The molecule has 0 unspecified atom stereocenters. The lowest BCUT2D eigenvalue weighted by molar-refractivity contribution is 0.420. The Hall–Kier alpha value is -3.68. The summed E-state index contributed by atoms with van der Waals surface area (Å²) in [5, 5.41) is 4.63. The van der Waals surface area contributed by atoms with E-state index in [1.54, 1.807) is 42.7 Å². The van der Waals surface area contributed by atoms with Crippen LogP contribution in [0.2, 0.25) is 0 Å². The van der Waals surface area contributed by atoms with E-state index in [0.717, 1.165) is 4.68 Å². The number of nitrogens with one attached hydrogen (secondary N) is 2. The molecular weight excluding hydrogens is 322 g/mol. The molecule has 1 aromatic carbocycles. The third kappa shape index (κ3) is 2.40. The van der Waals surface area contributed by atoms with E-state index in [0.29, 0.717) is 27.7 Å². The highest BCUT2D eigenvalue weighted by Gasteiger charge is 2.15. The van der Waals surface area contributed by atoms with E-state index in [4.69, 9.17) is 4.74 Å². The van der Waals surface area contributed by atoms with Gasteiger partial charge in [0.05, 0.1) is 29.7 Å². The molecule has 0 spiro atoms. The van der Waals surface area contributed by atoms with Crippen LogP contribution in [-0.2, 0) is 0 Å². The third-order valence-electron chi connectivity index (χ3n) is 3.84. The molecule has 0 bridgehead atoms. The Bertz CT molecular complexity index is 1220. The van der Waals surface area contributed by atoms with Crippen LogP contribution in [0.3, 0.4) is 0 Å². The molecule has 4 rings (SSSR count). The van der Waals surface area contributed by atoms with Crippen molar-refractivity contribution < 1.29 is 4.74 Å². The third-order valence-corrected chi connectivity index (χ3v) is 3.84. The number of rotatable bonds is 3. The van der Waals surface area contributed by atoms with Crippen LogP contribution in [0.4, 0.5) is 0 Å². The monoisotopic (exact) mass is 335 g/mol. The number of H-pyrrole nitrogens is 2. The Morgan fingerprint density at radius 3 is 2.80 bits per heavy atom. The summed E-state index contributed by atoms with van der Waals surface area (Å²) in [6.45, 7) is 0. The molecule has 0 fully saturated rings. The Morgan fingerprint density at radius 1 is 1.16 bits per heavy atom. The number of fused-ring (bicyclic) bond motifs is 3. The first-order valence-electron chi connectivity index (χ1n) is 7.47. The summed E-state index contributed by atoms with van der Waals surface area (Å²) >= 11 is 0. The van der Waals surface area contributed by atoms with Gasteiger partial charge in [-0.1, -0.05) is 12.1 Å². The number of ether oxygens (including phenoxy) is 1. The topological polar surface area (TPSA) is 105 Å². The number of benzene rings is 1. The van der Waals surface area contributed by atoms with Gasteiger partial charge < -0.3 is 14.7 Å². The summed E-state index contributed by atoms with van der Waals surface area (Å²) in [6.07, 6.45) is 4.61. The normalized spacial score (nSPS) is 11.6. The smallest absolute Gasteiger partial charge is 0.350 e. The van der Waals surface area contributed by atoms with Crippen LogP contribution in [-0.4, -0.2) is 33.0 Å². The van der Waals surface area contributed by atoms with Crippen molar-refractivity contribution >= 4 is 28.2 Å². The number of aromatic nitrogens is 4. The van der Waals surface area contributed by atoms with E-state index in [2.05, 4.69) is 20.1 Å². The van der Waals surface area contributed by atoms with Crippen molar-refractivity contribution in [1.82, 2.24) is 19.6 Å². The molecule has 0 amide bonds. The molecule has 8 nitrogen and oxygen atoms in total. The fourth-order valence-corrected chi connectivity index (χ4v) is 2.71. The predicted molar refractivity (Wildman–Crippen MR) is 94.5 cm³/mol. The fraction of sp³-hybridized carbons (Fsp3) is 0.0588. The zero-order valence-electron chi connectivity index (χ0n) is 13.2. The fourth-order valence-electron chi connectivity index (χ4n) is 2.71. The molecule has 2 N–H and O–H groups in total. The Balaban J connectivity index is 1.96. The highest BCUT2D eigenvalue weighted by molar-refractivity contribution is 6.07. The first-order chi connectivity index (χ1) is 12.2. The maximum absolute atomic E-state index is 12.7. The standard InChI is InChI=1S/C17H13N5O3/c1-25-12-6-2-5-11-13(12)14-15(20-11)16(23)22(17(24)21-14)19-9-10-4-3-7-18-8-10/h2-9,20H,1H3,(H,21,24). The second-order valence-corrected chi connectivity index (χ2v) is 5.34. The zero-order valence-corrected chi connectivity index (χ0v) is 13.2. The van der Waals surface area contributed by atoms with Gasteiger partial charge in [0.15, 0.2) is 0 Å². The van der Waals surface area contributed by atoms with Gasteiger partial charge in [-0.15, -0.1) is 4.68 Å². The molecule has 3 aromatic heterocycles. The summed E-state index contributed by atoms with van der Waals surface area (Å²) < 4.78 is 6.10. The van der Waals surface area contributed by atoms with Crippen LogP contribution >= 0.6 is 0 Å². The molecule has 0 saturated carbocycles. The molecule has 0 aliphatic heterocycles. The molecule has 0 aliphatic rings. The number of nitrogens with zero attached hydrogens (tertiary/aromatic N) is 3. The number of methoxy groups -OCH3 is 1. The van der Waals surface area contributed by atoms with E-state index < -0.39 is 11.2 Å². The quantitative estimate of drug-likeness (QED) is 0.553. The van der Waals surface area contributed by atoms with E-state index in [9.17, 15) is 9.59 Å². The van der Waals surface area contributed by atoms with Crippen molar-refractivity contribution in [2.45, 2.75) is 0 Å². The van der Waals surface area contributed by atoms with Gasteiger partial charge in [0.1, 0.15) is 11.3 Å². The van der Waals surface area contributed by atoms with Gasteiger partial charge in [-0.25, -0.2) is 4.79 Å². The lowest BCUT2D eigenvalue weighted by Gasteiger charge is -2.01. The first kappa shape index (κ1) is 14.9. The number of aromatic amines is 2. The molecule has 4 aromatic rings. The number of pyridine rings is 1. The van der Waals surface area contributed by atoms with Gasteiger partial charge in [0.2, 0.25) is 0 Å². The largest absolute Gasteiger partial charge is 0.496 e. The number of hydrogen-bond donors (Lipinski definition) is 2. The van der Waals surface area contributed by atoms with Crippen LogP contribution in [0.5, 0.6) is 5.75 Å². The lowest BCUT2D eigenvalue weighted by atomic mass is 10.2. The summed E-state index contributed by atoms with van der Waals surface area (Å²) in [4.78, 5) is 34.7. The zero-order chi connectivity index (χ0) is 17.4. The first-order valence-corrected chi connectivity index (χ1v) is 7.47. The van der Waals surface area contributed by atoms with Crippen LogP contribution < -0.4 is 16.0 Å². The minimum atomic E-state index is -0.635. The van der Waals surface area contributed by atoms with Crippen molar-refractivity contribution in [3.05, 3.63) is 69.1 Å². The van der Waals surface area contributed by atoms with Gasteiger partial charge in [0, 0.05) is 18.0 Å². The predicted octanol–water partition coefficient (Wildman–Crippen LogP) is 1.46. The van der Waals surface area contributed by atoms with E-state index in [1.165, 1.54) is 13.3 Å². The lowest BCUT2D eigenvalue weighted by Crippen LogP contribution is -2.32. The summed E-state index contributed by atoms with van der Waals surface area (Å²) in [6, 6.07) is 8.87. The summed E-state index contributed by atoms with van der Waals surface area (Å²) in [5.74, 6) is 0.565. The molecule has 25 heavy (non-hydrogen) atoms. The van der Waals surface area contributed by atoms with Gasteiger partial charge in [0.25, 0.3) is 0 Å². The maximum atomic E-state index is 12.7. The molecule has 0 atom stereocenters. The number of hydrogen-bond acceptors (Lipinski definition) is 5. The van der Waals surface area contributed by atoms with Gasteiger partial charge in [-0.05, 0) is 18.2 Å². The molecule has 8 heteroatoms. The summed E-state index contributed by atoms with van der Waals surface area (Å²) in [7, 11) is 1.53. The van der Waals surface area contributed by atoms with Gasteiger partial charge in [-0.3, -0.25) is 9.78 Å². The van der Waals surface area contributed by atoms with Crippen LogP contribution in [0.25, 0.3) is 21.9 Å². The van der Waals surface area contributed by atoms with Gasteiger partial charge >= 0.3 is 11.2 Å². The second-order valence-electron chi connectivity index (χ2n) is 5.34. The Labute approximate surface area is 140 Å².